The number of piperazine rings is 1. The summed E-state index contributed by atoms with van der Waals surface area (Å²) in [4.78, 5) is 33.7. The van der Waals surface area contributed by atoms with Crippen LogP contribution in [0.2, 0.25) is 0 Å². The first-order chi connectivity index (χ1) is 13.2. The van der Waals surface area contributed by atoms with Gasteiger partial charge < -0.3 is 19.1 Å². The number of aryl methyl sites for hydroxylation is 1. The number of carbonyl (C=O) groups is 2. The first kappa shape index (κ1) is 18.1. The van der Waals surface area contributed by atoms with Gasteiger partial charge in [-0.25, -0.2) is 0 Å². The van der Waals surface area contributed by atoms with E-state index in [4.69, 9.17) is 9.26 Å². The summed E-state index contributed by atoms with van der Waals surface area (Å²) in [6, 6.07) is 3.87. The Bertz CT molecular complexity index is 777. The lowest BCUT2D eigenvalue weighted by molar-refractivity contribution is -0.146. The van der Waals surface area contributed by atoms with Crippen LogP contribution in [0.25, 0.3) is 10.7 Å². The Labute approximate surface area is 161 Å². The van der Waals surface area contributed by atoms with Crippen molar-refractivity contribution in [1.82, 2.24) is 19.9 Å². The Hall–Kier alpha value is -2.26. The molecule has 0 N–H and O–H groups in total. The van der Waals surface area contributed by atoms with Crippen molar-refractivity contribution in [2.75, 3.05) is 32.8 Å². The highest BCUT2D eigenvalue weighted by Gasteiger charge is 2.31. The van der Waals surface area contributed by atoms with Gasteiger partial charge in [-0.15, -0.1) is 11.3 Å². The Morgan fingerprint density at radius 2 is 2.04 bits per heavy atom. The second-order valence-corrected chi connectivity index (χ2v) is 7.64. The van der Waals surface area contributed by atoms with E-state index in [-0.39, 0.29) is 17.9 Å². The molecule has 4 rings (SSSR count). The van der Waals surface area contributed by atoms with Gasteiger partial charge in [0, 0.05) is 45.6 Å². The fourth-order valence-electron chi connectivity index (χ4n) is 3.39. The molecule has 2 fully saturated rings. The molecular formula is C18H22N4O4S. The van der Waals surface area contributed by atoms with Crippen LogP contribution in [0.4, 0.5) is 0 Å². The summed E-state index contributed by atoms with van der Waals surface area (Å²) in [6.07, 6.45) is 2.20. The molecule has 2 saturated heterocycles. The van der Waals surface area contributed by atoms with E-state index in [9.17, 15) is 9.59 Å². The molecule has 4 heterocycles. The topological polar surface area (TPSA) is 88.8 Å². The molecule has 2 aliphatic rings. The first-order valence-corrected chi connectivity index (χ1v) is 10.1. The van der Waals surface area contributed by atoms with Crippen molar-refractivity contribution in [2.24, 2.45) is 0 Å². The van der Waals surface area contributed by atoms with Crippen LogP contribution in [0.3, 0.4) is 0 Å². The van der Waals surface area contributed by atoms with Crippen LogP contribution in [0, 0.1) is 0 Å². The molecule has 8 nitrogen and oxygen atoms in total. The Kier molecular flexibility index (Phi) is 5.49. The molecule has 2 aromatic rings. The van der Waals surface area contributed by atoms with Gasteiger partial charge in [0.05, 0.1) is 4.88 Å². The second kappa shape index (κ2) is 8.18. The number of thiophene rings is 1. The number of nitrogens with zero attached hydrogens (tertiary/aromatic N) is 4. The summed E-state index contributed by atoms with van der Waals surface area (Å²) >= 11 is 1.55. The highest BCUT2D eigenvalue weighted by molar-refractivity contribution is 7.13. The van der Waals surface area contributed by atoms with Crippen molar-refractivity contribution in [3.8, 4) is 10.7 Å². The Morgan fingerprint density at radius 1 is 1.22 bits per heavy atom. The zero-order valence-corrected chi connectivity index (χ0v) is 15.8. The second-order valence-electron chi connectivity index (χ2n) is 6.70. The largest absolute Gasteiger partial charge is 0.368 e. The maximum atomic E-state index is 12.4. The molecule has 0 aliphatic carbocycles. The van der Waals surface area contributed by atoms with Gasteiger partial charge in [0.1, 0.15) is 6.10 Å². The molecule has 0 spiro atoms. The van der Waals surface area contributed by atoms with Crippen LogP contribution < -0.4 is 0 Å². The minimum atomic E-state index is -0.290. The quantitative estimate of drug-likeness (QED) is 0.770. The van der Waals surface area contributed by atoms with Gasteiger partial charge in [-0.2, -0.15) is 4.98 Å². The summed E-state index contributed by atoms with van der Waals surface area (Å²) in [5, 5.41) is 5.92. The molecule has 1 atom stereocenters. The van der Waals surface area contributed by atoms with E-state index in [1.165, 1.54) is 0 Å². The summed E-state index contributed by atoms with van der Waals surface area (Å²) in [5.74, 6) is 1.15. The van der Waals surface area contributed by atoms with Gasteiger partial charge >= 0.3 is 0 Å². The molecule has 0 bridgehead atoms. The van der Waals surface area contributed by atoms with E-state index in [2.05, 4.69) is 10.1 Å². The fourth-order valence-corrected chi connectivity index (χ4v) is 4.04. The zero-order chi connectivity index (χ0) is 18.6. The lowest BCUT2D eigenvalue weighted by Crippen LogP contribution is -2.52. The number of hydrogen-bond donors (Lipinski definition) is 0. The molecule has 1 unspecified atom stereocenters. The van der Waals surface area contributed by atoms with Crippen molar-refractivity contribution in [1.29, 1.82) is 0 Å². The average Bonchev–Trinajstić information content (AvgIpc) is 3.47. The third-order valence-corrected chi connectivity index (χ3v) is 5.78. The molecule has 0 aromatic carbocycles. The number of aromatic nitrogens is 2. The number of hydrogen-bond acceptors (Lipinski definition) is 7. The highest BCUT2D eigenvalue weighted by atomic mass is 32.1. The van der Waals surface area contributed by atoms with Crippen molar-refractivity contribution in [3.63, 3.8) is 0 Å². The van der Waals surface area contributed by atoms with Crippen LogP contribution in [-0.2, 0) is 20.7 Å². The molecule has 0 radical (unpaired) electrons. The van der Waals surface area contributed by atoms with Gasteiger partial charge in [0.15, 0.2) is 0 Å². The molecule has 144 valence electrons. The Morgan fingerprint density at radius 3 is 2.74 bits per heavy atom. The molecular weight excluding hydrogens is 368 g/mol. The summed E-state index contributed by atoms with van der Waals surface area (Å²) in [7, 11) is 0. The van der Waals surface area contributed by atoms with Crippen molar-refractivity contribution >= 4 is 23.2 Å². The minimum Gasteiger partial charge on any atom is -0.368 e. The van der Waals surface area contributed by atoms with E-state index < -0.39 is 0 Å². The molecule has 2 aliphatic heterocycles. The van der Waals surface area contributed by atoms with E-state index in [1.807, 2.05) is 22.4 Å². The summed E-state index contributed by atoms with van der Waals surface area (Å²) in [5.41, 5.74) is 0. The van der Waals surface area contributed by atoms with E-state index >= 15 is 0 Å². The lowest BCUT2D eigenvalue weighted by atomic mass is 10.2. The van der Waals surface area contributed by atoms with Crippen LogP contribution in [0.15, 0.2) is 22.0 Å². The number of ether oxygens (including phenoxy) is 1. The highest BCUT2D eigenvalue weighted by Crippen LogP contribution is 2.21. The number of amides is 2. The average molecular weight is 390 g/mol. The minimum absolute atomic E-state index is 0.0510. The predicted molar refractivity (Wildman–Crippen MR) is 98.1 cm³/mol. The normalized spacial score (nSPS) is 20.2. The SMILES string of the molecule is O=C(CCc1nc(-c2cccs2)no1)N1CCN(C(=O)C2CCCO2)CC1. The van der Waals surface area contributed by atoms with Gasteiger partial charge in [-0.05, 0) is 24.3 Å². The first-order valence-electron chi connectivity index (χ1n) is 9.25. The van der Waals surface area contributed by atoms with Crippen LogP contribution in [-0.4, -0.2) is 70.6 Å². The fraction of sp³-hybridized carbons (Fsp3) is 0.556. The van der Waals surface area contributed by atoms with Crippen LogP contribution in [0.1, 0.15) is 25.2 Å². The Balaban J connectivity index is 1.23. The molecule has 2 aromatic heterocycles. The van der Waals surface area contributed by atoms with Crippen LogP contribution >= 0.6 is 11.3 Å². The summed E-state index contributed by atoms with van der Waals surface area (Å²) in [6.45, 7) is 2.91. The van der Waals surface area contributed by atoms with E-state index in [1.54, 1.807) is 16.2 Å². The predicted octanol–water partition coefficient (Wildman–Crippen LogP) is 1.58. The third kappa shape index (κ3) is 4.19. The number of carbonyl (C=O) groups excluding carboxylic acids is 2. The molecule has 9 heteroatoms. The van der Waals surface area contributed by atoms with E-state index in [0.717, 1.165) is 17.7 Å². The monoisotopic (exact) mass is 390 g/mol. The van der Waals surface area contributed by atoms with Gasteiger partial charge in [-0.3, -0.25) is 9.59 Å². The van der Waals surface area contributed by atoms with Gasteiger partial charge in [-0.1, -0.05) is 11.2 Å². The molecule has 2 amide bonds. The molecule has 0 saturated carbocycles. The maximum absolute atomic E-state index is 12.4. The summed E-state index contributed by atoms with van der Waals surface area (Å²) < 4.78 is 10.7. The van der Waals surface area contributed by atoms with Crippen molar-refractivity contribution in [2.45, 2.75) is 31.8 Å². The maximum Gasteiger partial charge on any atom is 0.251 e. The lowest BCUT2D eigenvalue weighted by Gasteiger charge is -2.35. The van der Waals surface area contributed by atoms with Crippen molar-refractivity contribution in [3.05, 3.63) is 23.4 Å². The van der Waals surface area contributed by atoms with Crippen LogP contribution in [0.5, 0.6) is 0 Å². The third-order valence-electron chi connectivity index (χ3n) is 4.91. The van der Waals surface area contributed by atoms with Gasteiger partial charge in [0.25, 0.3) is 5.91 Å². The molecule has 27 heavy (non-hydrogen) atoms. The van der Waals surface area contributed by atoms with Crippen molar-refractivity contribution < 1.29 is 18.8 Å². The smallest absolute Gasteiger partial charge is 0.251 e. The van der Waals surface area contributed by atoms with Gasteiger partial charge in [0.2, 0.25) is 17.6 Å². The number of rotatable bonds is 5. The standard InChI is InChI=1S/C18H22N4O4S/c23-16(6-5-15-19-17(20-26-15)14-4-2-12-27-14)21-7-9-22(10-8-21)18(24)13-3-1-11-25-13/h2,4,12-13H,1,3,5-11H2. The zero-order valence-electron chi connectivity index (χ0n) is 15.0. The van der Waals surface area contributed by atoms with E-state index in [0.29, 0.717) is 57.3 Å².